The molecule has 0 aliphatic heterocycles. The third-order valence-corrected chi connectivity index (χ3v) is 5.66. The van der Waals surface area contributed by atoms with Crippen LogP contribution < -0.4 is 10.6 Å². The molecule has 8 heteroatoms. The van der Waals surface area contributed by atoms with Gasteiger partial charge >= 0.3 is 0 Å². The van der Waals surface area contributed by atoms with E-state index < -0.39 is 0 Å². The molecule has 0 atom stereocenters. The molecule has 156 valence electrons. The SMILES string of the molecule is CNC(=O)c1cc(Br)cc(C)c1NC(=O)c1cc2ccccc2n1-c1ncccc1Cl. The van der Waals surface area contributed by atoms with Crippen molar-refractivity contribution in [3.05, 3.63) is 87.1 Å². The van der Waals surface area contributed by atoms with Crippen molar-refractivity contribution in [2.75, 3.05) is 12.4 Å². The van der Waals surface area contributed by atoms with Crippen LogP contribution >= 0.6 is 27.5 Å². The van der Waals surface area contributed by atoms with E-state index in [0.29, 0.717) is 27.8 Å². The number of para-hydroxylation sites is 1. The molecule has 2 aromatic heterocycles. The van der Waals surface area contributed by atoms with E-state index in [2.05, 4.69) is 31.5 Å². The van der Waals surface area contributed by atoms with Gasteiger partial charge in [-0.15, -0.1) is 0 Å². The van der Waals surface area contributed by atoms with Gasteiger partial charge in [-0.2, -0.15) is 0 Å². The van der Waals surface area contributed by atoms with Gasteiger partial charge in [-0.3, -0.25) is 14.2 Å². The van der Waals surface area contributed by atoms with Crippen LogP contribution in [0.1, 0.15) is 26.4 Å². The summed E-state index contributed by atoms with van der Waals surface area (Å²) in [6, 6.07) is 16.4. The number of nitrogens with zero attached hydrogens (tertiary/aromatic N) is 2. The van der Waals surface area contributed by atoms with Gasteiger partial charge in [0.05, 0.1) is 21.8 Å². The number of hydrogen-bond acceptors (Lipinski definition) is 3. The van der Waals surface area contributed by atoms with Gasteiger partial charge in [-0.1, -0.05) is 45.7 Å². The molecule has 0 fully saturated rings. The average Bonchev–Trinajstić information content (AvgIpc) is 3.14. The zero-order valence-electron chi connectivity index (χ0n) is 16.7. The van der Waals surface area contributed by atoms with E-state index in [9.17, 15) is 9.59 Å². The Kier molecular flexibility index (Phi) is 5.80. The minimum Gasteiger partial charge on any atom is -0.355 e. The maximum Gasteiger partial charge on any atom is 0.272 e. The van der Waals surface area contributed by atoms with Gasteiger partial charge in [0.2, 0.25) is 0 Å². The summed E-state index contributed by atoms with van der Waals surface area (Å²) in [6.07, 6.45) is 1.63. The van der Waals surface area contributed by atoms with Crippen molar-refractivity contribution in [1.29, 1.82) is 0 Å². The lowest BCUT2D eigenvalue weighted by atomic mass is 10.1. The van der Waals surface area contributed by atoms with Crippen molar-refractivity contribution in [1.82, 2.24) is 14.9 Å². The van der Waals surface area contributed by atoms with Crippen LogP contribution in [0, 0.1) is 6.92 Å². The molecule has 31 heavy (non-hydrogen) atoms. The highest BCUT2D eigenvalue weighted by atomic mass is 79.9. The molecular formula is C23H18BrClN4O2. The molecule has 0 aliphatic carbocycles. The summed E-state index contributed by atoms with van der Waals surface area (Å²) < 4.78 is 2.47. The van der Waals surface area contributed by atoms with E-state index in [4.69, 9.17) is 11.6 Å². The van der Waals surface area contributed by atoms with E-state index >= 15 is 0 Å². The molecule has 0 saturated carbocycles. The number of rotatable bonds is 4. The standard InChI is InChI=1S/C23H18BrClN4O2/c1-13-10-15(24)12-16(22(30)26-2)20(13)28-23(31)19-11-14-6-3-4-8-18(14)29(19)21-17(25)7-5-9-27-21/h3-12H,1-2H3,(H,26,30)(H,28,31). The summed E-state index contributed by atoms with van der Waals surface area (Å²) in [5.74, 6) is -0.226. The van der Waals surface area contributed by atoms with Crippen LogP contribution in [0.25, 0.3) is 16.7 Å². The first-order valence-electron chi connectivity index (χ1n) is 9.45. The number of aryl methyl sites for hydroxylation is 1. The summed E-state index contributed by atoms with van der Waals surface area (Å²) in [7, 11) is 1.55. The number of anilines is 1. The molecule has 2 heterocycles. The van der Waals surface area contributed by atoms with Gasteiger partial charge in [-0.25, -0.2) is 4.98 Å². The summed E-state index contributed by atoms with van der Waals surface area (Å²) in [5, 5.41) is 6.82. The fourth-order valence-corrected chi connectivity index (χ4v) is 4.27. The maximum atomic E-state index is 13.4. The van der Waals surface area contributed by atoms with Crippen LogP contribution in [0.15, 0.2) is 65.3 Å². The Hall–Kier alpha value is -3.16. The molecule has 0 radical (unpaired) electrons. The van der Waals surface area contributed by atoms with E-state index in [-0.39, 0.29) is 11.8 Å². The van der Waals surface area contributed by atoms with Gasteiger partial charge in [0.1, 0.15) is 5.69 Å². The fraction of sp³-hybridized carbons (Fsp3) is 0.0870. The second-order valence-corrected chi connectivity index (χ2v) is 8.23. The lowest BCUT2D eigenvalue weighted by Gasteiger charge is -2.15. The molecule has 0 aliphatic rings. The van der Waals surface area contributed by atoms with Crippen LogP contribution in [0.3, 0.4) is 0 Å². The molecule has 0 bridgehead atoms. The molecule has 6 nitrogen and oxygen atoms in total. The number of nitrogens with one attached hydrogen (secondary N) is 2. The third kappa shape index (κ3) is 3.94. The van der Waals surface area contributed by atoms with Crippen molar-refractivity contribution in [3.63, 3.8) is 0 Å². The van der Waals surface area contributed by atoms with Crippen molar-refractivity contribution >= 4 is 55.9 Å². The monoisotopic (exact) mass is 496 g/mol. The zero-order chi connectivity index (χ0) is 22.1. The number of carbonyl (C=O) groups excluding carboxylic acids is 2. The number of amides is 2. The molecule has 2 amide bonds. The first-order chi connectivity index (χ1) is 14.9. The number of pyridine rings is 1. The smallest absolute Gasteiger partial charge is 0.272 e. The quantitative estimate of drug-likeness (QED) is 0.398. The second kappa shape index (κ2) is 8.53. The van der Waals surface area contributed by atoms with Gasteiger partial charge < -0.3 is 10.6 Å². The molecule has 0 unspecified atom stereocenters. The predicted molar refractivity (Wildman–Crippen MR) is 126 cm³/mol. The van der Waals surface area contributed by atoms with Crippen molar-refractivity contribution < 1.29 is 9.59 Å². The Morgan fingerprint density at radius 3 is 2.58 bits per heavy atom. The molecule has 0 saturated heterocycles. The highest BCUT2D eigenvalue weighted by Crippen LogP contribution is 2.30. The maximum absolute atomic E-state index is 13.4. The number of hydrogen-bond donors (Lipinski definition) is 2. The van der Waals surface area contributed by atoms with Crippen LogP contribution in [0.5, 0.6) is 0 Å². The highest BCUT2D eigenvalue weighted by Gasteiger charge is 2.22. The Bertz CT molecular complexity index is 1330. The number of halogens is 2. The van der Waals surface area contributed by atoms with E-state index in [0.717, 1.165) is 20.9 Å². The first kappa shape index (κ1) is 21.1. The summed E-state index contributed by atoms with van der Waals surface area (Å²) in [4.78, 5) is 30.2. The largest absolute Gasteiger partial charge is 0.355 e. The van der Waals surface area contributed by atoms with Crippen LogP contribution in [-0.2, 0) is 0 Å². The van der Waals surface area contributed by atoms with Gasteiger partial charge in [0.25, 0.3) is 11.8 Å². The highest BCUT2D eigenvalue weighted by molar-refractivity contribution is 9.10. The van der Waals surface area contributed by atoms with Crippen LogP contribution in [-0.4, -0.2) is 28.4 Å². The van der Waals surface area contributed by atoms with Crippen LogP contribution in [0.2, 0.25) is 5.02 Å². The molecule has 2 N–H and O–H groups in total. The second-order valence-electron chi connectivity index (χ2n) is 6.91. The van der Waals surface area contributed by atoms with Gasteiger partial charge in [-0.05, 0) is 48.9 Å². The molecule has 0 spiro atoms. The van der Waals surface area contributed by atoms with Crippen molar-refractivity contribution in [2.45, 2.75) is 6.92 Å². The minimum atomic E-state index is -0.381. The van der Waals surface area contributed by atoms with Crippen molar-refractivity contribution in [3.8, 4) is 5.82 Å². The number of aromatic nitrogens is 2. The molecule has 4 aromatic rings. The van der Waals surface area contributed by atoms with Crippen molar-refractivity contribution in [2.24, 2.45) is 0 Å². The molecular weight excluding hydrogens is 480 g/mol. The summed E-state index contributed by atoms with van der Waals surface area (Å²) in [5.41, 5.74) is 2.71. The van der Waals surface area contributed by atoms with Gasteiger partial charge in [0, 0.05) is 23.1 Å². The van der Waals surface area contributed by atoms with Gasteiger partial charge in [0.15, 0.2) is 5.82 Å². The Labute approximate surface area is 192 Å². The first-order valence-corrected chi connectivity index (χ1v) is 10.6. The lowest BCUT2D eigenvalue weighted by Crippen LogP contribution is -2.23. The minimum absolute atomic E-state index is 0.298. The van der Waals surface area contributed by atoms with E-state index in [1.54, 1.807) is 42.1 Å². The van der Waals surface area contributed by atoms with E-state index in [1.807, 2.05) is 37.3 Å². The molecule has 2 aromatic carbocycles. The van der Waals surface area contributed by atoms with E-state index in [1.165, 1.54) is 0 Å². The number of fused-ring (bicyclic) bond motifs is 1. The van der Waals surface area contributed by atoms with Crippen LogP contribution in [0.4, 0.5) is 5.69 Å². The topological polar surface area (TPSA) is 76.0 Å². The fourth-order valence-electron chi connectivity index (χ4n) is 3.49. The normalized spacial score (nSPS) is 10.8. The molecule has 4 rings (SSSR count). The number of carbonyl (C=O) groups is 2. The zero-order valence-corrected chi connectivity index (χ0v) is 19.1. The number of benzene rings is 2. The Morgan fingerprint density at radius 2 is 1.84 bits per heavy atom. The Morgan fingerprint density at radius 1 is 1.06 bits per heavy atom. The Balaban J connectivity index is 1.87. The summed E-state index contributed by atoms with van der Waals surface area (Å²) in [6.45, 7) is 1.83. The predicted octanol–water partition coefficient (Wildman–Crippen LogP) is 5.36. The lowest BCUT2D eigenvalue weighted by molar-refractivity contribution is 0.0964. The third-order valence-electron chi connectivity index (χ3n) is 4.90. The average molecular weight is 498 g/mol. The summed E-state index contributed by atoms with van der Waals surface area (Å²) >= 11 is 9.82.